The molecule has 0 saturated carbocycles. The van der Waals surface area contributed by atoms with E-state index in [0.717, 1.165) is 12.1 Å². The van der Waals surface area contributed by atoms with Gasteiger partial charge in [0.15, 0.2) is 0 Å². The van der Waals surface area contributed by atoms with E-state index in [1.165, 1.54) is 13.2 Å². The standard InChI is InChI=1S/C13H19F3NO4P/c1-4-20-22(18,21-5-2)12(17)9-6-10(13(14,15)16)8-11(7-9)19-3/h6-8,12H,4-5,17H2,1-3H3/t12-/m1/s1. The Hall–Kier alpha value is -1.08. The lowest BCUT2D eigenvalue weighted by molar-refractivity contribution is -0.137. The molecule has 1 aromatic rings. The van der Waals surface area contributed by atoms with Crippen molar-refractivity contribution >= 4 is 7.60 Å². The molecule has 9 heteroatoms. The second-order valence-corrected chi connectivity index (χ2v) is 6.47. The molecule has 0 aliphatic carbocycles. The van der Waals surface area contributed by atoms with Gasteiger partial charge in [-0.25, -0.2) is 0 Å². The van der Waals surface area contributed by atoms with E-state index in [4.69, 9.17) is 19.5 Å². The molecule has 0 fully saturated rings. The minimum atomic E-state index is -4.58. The topological polar surface area (TPSA) is 70.8 Å². The van der Waals surface area contributed by atoms with Crippen molar-refractivity contribution in [2.24, 2.45) is 5.73 Å². The summed E-state index contributed by atoms with van der Waals surface area (Å²) in [5, 5.41) is 0. The van der Waals surface area contributed by atoms with Crippen LogP contribution in [-0.2, 0) is 19.8 Å². The number of hydrogen-bond donors (Lipinski definition) is 1. The molecule has 1 rings (SSSR count). The Labute approximate surface area is 127 Å². The third-order valence-corrected chi connectivity index (χ3v) is 5.01. The fourth-order valence-corrected chi connectivity index (χ4v) is 3.44. The Bertz CT molecular complexity index is 541. The molecular formula is C13H19F3NO4P. The Kier molecular flexibility index (Phi) is 6.43. The zero-order valence-electron chi connectivity index (χ0n) is 12.5. The van der Waals surface area contributed by atoms with E-state index in [1.54, 1.807) is 13.8 Å². The molecule has 0 aliphatic rings. The van der Waals surface area contributed by atoms with Gasteiger partial charge in [0.25, 0.3) is 0 Å². The highest BCUT2D eigenvalue weighted by Gasteiger charge is 2.37. The molecule has 0 bridgehead atoms. The van der Waals surface area contributed by atoms with Crippen LogP contribution >= 0.6 is 7.60 Å². The van der Waals surface area contributed by atoms with Gasteiger partial charge in [0.05, 0.1) is 25.9 Å². The minimum absolute atomic E-state index is 0.0306. The summed E-state index contributed by atoms with van der Waals surface area (Å²) < 4.78 is 66.3. The Morgan fingerprint density at radius 1 is 1.18 bits per heavy atom. The molecule has 2 N–H and O–H groups in total. The molecule has 1 aromatic carbocycles. The maximum atomic E-state index is 12.9. The van der Waals surface area contributed by atoms with Gasteiger partial charge in [0.2, 0.25) is 0 Å². The van der Waals surface area contributed by atoms with Crippen molar-refractivity contribution in [2.45, 2.75) is 25.8 Å². The highest BCUT2D eigenvalue weighted by Crippen LogP contribution is 2.58. The van der Waals surface area contributed by atoms with E-state index < -0.39 is 25.1 Å². The number of rotatable bonds is 7. The number of methoxy groups -OCH3 is 1. The summed E-state index contributed by atoms with van der Waals surface area (Å²) in [5.41, 5.74) is 4.87. The van der Waals surface area contributed by atoms with Gasteiger partial charge in [-0.2, -0.15) is 13.2 Å². The maximum Gasteiger partial charge on any atom is 0.416 e. The lowest BCUT2D eigenvalue weighted by atomic mass is 10.1. The van der Waals surface area contributed by atoms with Crippen molar-refractivity contribution in [2.75, 3.05) is 20.3 Å². The second kappa shape index (κ2) is 7.46. The van der Waals surface area contributed by atoms with Crippen molar-refractivity contribution < 1.29 is 31.5 Å². The lowest BCUT2D eigenvalue weighted by Gasteiger charge is -2.24. The molecule has 0 aromatic heterocycles. The van der Waals surface area contributed by atoms with Gasteiger partial charge < -0.3 is 19.5 Å². The fraction of sp³-hybridized carbons (Fsp3) is 0.538. The quantitative estimate of drug-likeness (QED) is 0.761. The molecule has 0 aliphatic heterocycles. The zero-order chi connectivity index (χ0) is 17.0. The van der Waals surface area contributed by atoms with Crippen molar-refractivity contribution in [3.05, 3.63) is 29.3 Å². The Morgan fingerprint density at radius 3 is 2.14 bits per heavy atom. The van der Waals surface area contributed by atoms with Gasteiger partial charge in [-0.15, -0.1) is 0 Å². The first-order chi connectivity index (χ1) is 10.2. The monoisotopic (exact) mass is 341 g/mol. The van der Waals surface area contributed by atoms with Crippen LogP contribution in [0.15, 0.2) is 18.2 Å². The molecule has 0 saturated heterocycles. The summed E-state index contributed by atoms with van der Waals surface area (Å²) >= 11 is 0. The molecule has 0 amide bonds. The van der Waals surface area contributed by atoms with Crippen LogP contribution in [0.3, 0.4) is 0 Å². The summed E-state index contributed by atoms with van der Waals surface area (Å²) in [6.45, 7) is 3.29. The predicted molar refractivity (Wildman–Crippen MR) is 75.8 cm³/mol. The molecule has 22 heavy (non-hydrogen) atoms. The van der Waals surface area contributed by atoms with E-state index in [0.29, 0.717) is 0 Å². The fourth-order valence-electron chi connectivity index (χ4n) is 1.81. The smallest absolute Gasteiger partial charge is 0.416 e. The third-order valence-electron chi connectivity index (χ3n) is 2.79. The largest absolute Gasteiger partial charge is 0.497 e. The summed E-state index contributed by atoms with van der Waals surface area (Å²) in [5.74, 6) is -1.39. The number of alkyl halides is 3. The maximum absolute atomic E-state index is 12.9. The molecule has 126 valence electrons. The van der Waals surface area contributed by atoms with E-state index >= 15 is 0 Å². The Balaban J connectivity index is 3.31. The van der Waals surface area contributed by atoms with Gasteiger partial charge in [0.1, 0.15) is 11.5 Å². The molecule has 5 nitrogen and oxygen atoms in total. The number of benzene rings is 1. The van der Waals surface area contributed by atoms with Crippen molar-refractivity contribution in [1.82, 2.24) is 0 Å². The minimum Gasteiger partial charge on any atom is -0.497 e. The summed E-state index contributed by atoms with van der Waals surface area (Å²) in [6.07, 6.45) is -4.58. The van der Waals surface area contributed by atoms with Gasteiger partial charge >= 0.3 is 13.8 Å². The second-order valence-electron chi connectivity index (χ2n) is 4.31. The lowest BCUT2D eigenvalue weighted by Crippen LogP contribution is -2.16. The first kappa shape index (κ1) is 19.0. The van der Waals surface area contributed by atoms with Crippen molar-refractivity contribution in [3.8, 4) is 5.75 Å². The highest BCUT2D eigenvalue weighted by atomic mass is 31.2. The van der Waals surface area contributed by atoms with Gasteiger partial charge in [0, 0.05) is 0 Å². The van der Waals surface area contributed by atoms with E-state index in [1.807, 2.05) is 0 Å². The van der Waals surface area contributed by atoms with Crippen LogP contribution in [0.1, 0.15) is 30.8 Å². The van der Waals surface area contributed by atoms with Gasteiger partial charge in [-0.3, -0.25) is 4.57 Å². The predicted octanol–water partition coefficient (Wildman–Crippen LogP) is 3.94. The van der Waals surface area contributed by atoms with Crippen LogP contribution in [0.5, 0.6) is 5.75 Å². The van der Waals surface area contributed by atoms with Crippen molar-refractivity contribution in [3.63, 3.8) is 0 Å². The third kappa shape index (κ3) is 4.46. The highest BCUT2D eigenvalue weighted by molar-refractivity contribution is 7.54. The summed E-state index contributed by atoms with van der Waals surface area (Å²) in [7, 11) is -2.55. The van der Waals surface area contributed by atoms with Crippen LogP contribution in [0.25, 0.3) is 0 Å². The van der Waals surface area contributed by atoms with Crippen LogP contribution in [-0.4, -0.2) is 20.3 Å². The van der Waals surface area contributed by atoms with Crippen LogP contribution < -0.4 is 10.5 Å². The molecule has 1 atom stereocenters. The molecule has 0 spiro atoms. The number of nitrogens with two attached hydrogens (primary N) is 1. The zero-order valence-corrected chi connectivity index (χ0v) is 13.4. The summed E-state index contributed by atoms with van der Waals surface area (Å²) in [6, 6.07) is 2.94. The van der Waals surface area contributed by atoms with Crippen molar-refractivity contribution in [1.29, 1.82) is 0 Å². The van der Waals surface area contributed by atoms with E-state index in [9.17, 15) is 17.7 Å². The average molecular weight is 341 g/mol. The van der Waals surface area contributed by atoms with Crippen LogP contribution in [0, 0.1) is 0 Å². The molecule has 0 heterocycles. The van der Waals surface area contributed by atoms with Gasteiger partial charge in [-0.05, 0) is 37.6 Å². The number of halogens is 3. The number of hydrogen-bond acceptors (Lipinski definition) is 5. The first-order valence-corrected chi connectivity index (χ1v) is 8.19. The van der Waals surface area contributed by atoms with E-state index in [2.05, 4.69) is 0 Å². The average Bonchev–Trinajstić information content (AvgIpc) is 2.45. The first-order valence-electron chi connectivity index (χ1n) is 6.58. The normalized spacial score (nSPS) is 14.0. The number of ether oxygens (including phenoxy) is 1. The molecule has 0 unspecified atom stereocenters. The molecule has 0 radical (unpaired) electrons. The summed E-state index contributed by atoms with van der Waals surface area (Å²) in [4.78, 5) is 0. The van der Waals surface area contributed by atoms with E-state index in [-0.39, 0.29) is 24.5 Å². The van der Waals surface area contributed by atoms with Crippen LogP contribution in [0.2, 0.25) is 0 Å². The SMILES string of the molecule is CCOP(=O)(OCC)[C@@H](N)c1cc(OC)cc(C(F)(F)F)c1. The molecular weight excluding hydrogens is 322 g/mol. The Morgan fingerprint density at radius 2 is 1.73 bits per heavy atom. The van der Waals surface area contributed by atoms with Gasteiger partial charge in [-0.1, -0.05) is 0 Å². The van der Waals surface area contributed by atoms with Crippen LogP contribution in [0.4, 0.5) is 13.2 Å².